The van der Waals surface area contributed by atoms with Gasteiger partial charge in [-0.25, -0.2) is 4.79 Å². The summed E-state index contributed by atoms with van der Waals surface area (Å²) >= 11 is 0. The van der Waals surface area contributed by atoms with Gasteiger partial charge in [0.25, 0.3) is 0 Å². The van der Waals surface area contributed by atoms with Crippen LogP contribution in [-0.4, -0.2) is 31.6 Å². The first-order valence-corrected chi connectivity index (χ1v) is 7.86. The van der Waals surface area contributed by atoms with E-state index in [0.717, 1.165) is 17.9 Å². The van der Waals surface area contributed by atoms with Crippen LogP contribution in [0, 0.1) is 0 Å². The predicted molar refractivity (Wildman–Crippen MR) is 94.1 cm³/mol. The molecule has 2 amide bonds. The molecule has 122 valence electrons. The lowest BCUT2D eigenvalue weighted by molar-refractivity contribution is 0.230. The van der Waals surface area contributed by atoms with E-state index < -0.39 is 0 Å². The zero-order chi connectivity index (χ0) is 16.7. The number of hydrogen-bond donors (Lipinski definition) is 1. The summed E-state index contributed by atoms with van der Waals surface area (Å²) in [6.07, 6.45) is 1.03. The van der Waals surface area contributed by atoms with Gasteiger partial charge < -0.3 is 15.0 Å². The van der Waals surface area contributed by atoms with E-state index in [1.54, 1.807) is 14.1 Å². The molecule has 0 heterocycles. The normalized spacial score (nSPS) is 11.6. The molecule has 0 spiro atoms. The summed E-state index contributed by atoms with van der Waals surface area (Å²) in [5, 5.41) is 2.80. The minimum atomic E-state index is -0.145. The number of ether oxygens (including phenoxy) is 1. The SMILES string of the molecule is CCC(COc1ccc(NC(=O)N(C)C)cc1)c1ccccc1. The number of urea groups is 1. The molecule has 2 aromatic rings. The van der Waals surface area contributed by atoms with Crippen molar-refractivity contribution in [2.45, 2.75) is 19.3 Å². The Hall–Kier alpha value is -2.49. The summed E-state index contributed by atoms with van der Waals surface area (Å²) in [6, 6.07) is 17.7. The fourth-order valence-corrected chi connectivity index (χ4v) is 2.24. The van der Waals surface area contributed by atoms with Crippen molar-refractivity contribution in [1.29, 1.82) is 0 Å². The van der Waals surface area contributed by atoms with Crippen LogP contribution >= 0.6 is 0 Å². The Kier molecular flexibility index (Phi) is 6.03. The molecule has 23 heavy (non-hydrogen) atoms. The molecule has 0 aliphatic rings. The van der Waals surface area contributed by atoms with Crippen molar-refractivity contribution < 1.29 is 9.53 Å². The largest absolute Gasteiger partial charge is 0.493 e. The second-order valence-corrected chi connectivity index (χ2v) is 5.68. The van der Waals surface area contributed by atoms with E-state index >= 15 is 0 Å². The Bertz CT molecular complexity index is 609. The van der Waals surface area contributed by atoms with Crippen molar-refractivity contribution in [2.75, 3.05) is 26.0 Å². The van der Waals surface area contributed by atoms with Crippen LogP contribution < -0.4 is 10.1 Å². The van der Waals surface area contributed by atoms with Gasteiger partial charge in [-0.05, 0) is 36.2 Å². The van der Waals surface area contributed by atoms with E-state index in [1.165, 1.54) is 10.5 Å². The van der Waals surface area contributed by atoms with Gasteiger partial charge in [-0.2, -0.15) is 0 Å². The van der Waals surface area contributed by atoms with Crippen molar-refractivity contribution in [2.24, 2.45) is 0 Å². The van der Waals surface area contributed by atoms with Crippen LogP contribution in [0.2, 0.25) is 0 Å². The number of carbonyl (C=O) groups excluding carboxylic acids is 1. The van der Waals surface area contributed by atoms with Crippen LogP contribution in [0.25, 0.3) is 0 Å². The minimum absolute atomic E-state index is 0.145. The maximum absolute atomic E-state index is 11.6. The monoisotopic (exact) mass is 312 g/mol. The molecule has 4 heteroatoms. The Labute approximate surface area is 138 Å². The van der Waals surface area contributed by atoms with Crippen LogP contribution in [-0.2, 0) is 0 Å². The molecule has 2 rings (SSSR count). The first-order chi connectivity index (χ1) is 11.1. The lowest BCUT2D eigenvalue weighted by Gasteiger charge is -2.17. The van der Waals surface area contributed by atoms with Crippen molar-refractivity contribution in [3.8, 4) is 5.75 Å². The molecular formula is C19H24N2O2. The summed E-state index contributed by atoms with van der Waals surface area (Å²) in [6.45, 7) is 2.81. The molecule has 1 atom stereocenters. The van der Waals surface area contributed by atoms with Crippen LogP contribution in [0.3, 0.4) is 0 Å². The Balaban J connectivity index is 1.92. The van der Waals surface area contributed by atoms with Crippen molar-refractivity contribution in [1.82, 2.24) is 4.90 Å². The molecule has 0 aliphatic carbocycles. The van der Waals surface area contributed by atoms with Crippen LogP contribution in [0.15, 0.2) is 54.6 Å². The number of rotatable bonds is 6. The zero-order valence-corrected chi connectivity index (χ0v) is 14.0. The number of nitrogens with one attached hydrogen (secondary N) is 1. The lowest BCUT2D eigenvalue weighted by atomic mass is 9.98. The molecule has 0 bridgehead atoms. The average Bonchev–Trinajstić information content (AvgIpc) is 2.57. The maximum atomic E-state index is 11.6. The van der Waals surface area contributed by atoms with Gasteiger partial charge in [0.05, 0.1) is 6.61 Å². The predicted octanol–water partition coefficient (Wildman–Crippen LogP) is 4.35. The van der Waals surface area contributed by atoms with Crippen LogP contribution in [0.4, 0.5) is 10.5 Å². The summed E-state index contributed by atoms with van der Waals surface area (Å²) < 4.78 is 5.90. The highest BCUT2D eigenvalue weighted by Crippen LogP contribution is 2.22. The van der Waals surface area contributed by atoms with Gasteiger partial charge in [0, 0.05) is 25.7 Å². The standard InChI is InChI=1S/C19H24N2O2/c1-4-15(16-8-6-5-7-9-16)14-23-18-12-10-17(11-13-18)20-19(22)21(2)3/h5-13,15H,4,14H2,1-3H3,(H,20,22). The molecule has 1 unspecified atom stereocenters. The number of hydrogen-bond acceptors (Lipinski definition) is 2. The van der Waals surface area contributed by atoms with Crippen LogP contribution in [0.1, 0.15) is 24.8 Å². The van der Waals surface area contributed by atoms with E-state index in [0.29, 0.717) is 12.5 Å². The first kappa shape index (κ1) is 16.9. The molecule has 0 aromatic heterocycles. The van der Waals surface area contributed by atoms with E-state index in [2.05, 4.69) is 36.5 Å². The Morgan fingerprint density at radius 3 is 2.30 bits per heavy atom. The fourth-order valence-electron chi connectivity index (χ4n) is 2.24. The summed E-state index contributed by atoms with van der Waals surface area (Å²) in [7, 11) is 3.42. The fraction of sp³-hybridized carbons (Fsp3) is 0.316. The van der Waals surface area contributed by atoms with Gasteiger partial charge in [-0.15, -0.1) is 0 Å². The van der Waals surface area contributed by atoms with Gasteiger partial charge in [0.15, 0.2) is 0 Å². The van der Waals surface area contributed by atoms with E-state index in [9.17, 15) is 4.79 Å². The highest BCUT2D eigenvalue weighted by molar-refractivity contribution is 5.88. The Morgan fingerprint density at radius 1 is 1.09 bits per heavy atom. The number of benzene rings is 2. The molecule has 0 saturated carbocycles. The maximum Gasteiger partial charge on any atom is 0.321 e. The molecule has 1 N–H and O–H groups in total. The summed E-state index contributed by atoms with van der Waals surface area (Å²) in [4.78, 5) is 13.1. The lowest BCUT2D eigenvalue weighted by Crippen LogP contribution is -2.27. The molecular weight excluding hydrogens is 288 g/mol. The quantitative estimate of drug-likeness (QED) is 0.861. The first-order valence-electron chi connectivity index (χ1n) is 7.86. The minimum Gasteiger partial charge on any atom is -0.493 e. The third-order valence-electron chi connectivity index (χ3n) is 3.73. The van der Waals surface area contributed by atoms with Gasteiger partial charge in [-0.3, -0.25) is 0 Å². The third kappa shape index (κ3) is 5.02. The second kappa shape index (κ2) is 8.22. The molecule has 0 radical (unpaired) electrons. The highest BCUT2D eigenvalue weighted by atomic mass is 16.5. The molecule has 0 aliphatic heterocycles. The van der Waals surface area contributed by atoms with E-state index in [-0.39, 0.29) is 6.03 Å². The van der Waals surface area contributed by atoms with Gasteiger partial charge in [0.2, 0.25) is 0 Å². The molecule has 0 fully saturated rings. The number of carbonyl (C=O) groups is 1. The van der Waals surface area contributed by atoms with Crippen molar-refractivity contribution in [3.63, 3.8) is 0 Å². The molecule has 0 saturated heterocycles. The van der Waals surface area contributed by atoms with Crippen molar-refractivity contribution in [3.05, 3.63) is 60.2 Å². The Morgan fingerprint density at radius 2 is 1.74 bits per heavy atom. The second-order valence-electron chi connectivity index (χ2n) is 5.68. The number of amides is 2. The molecule has 4 nitrogen and oxygen atoms in total. The summed E-state index contributed by atoms with van der Waals surface area (Å²) in [5.41, 5.74) is 2.05. The van der Waals surface area contributed by atoms with Gasteiger partial charge in [0.1, 0.15) is 5.75 Å². The van der Waals surface area contributed by atoms with Crippen LogP contribution in [0.5, 0.6) is 5.75 Å². The third-order valence-corrected chi connectivity index (χ3v) is 3.73. The topological polar surface area (TPSA) is 41.6 Å². The zero-order valence-electron chi connectivity index (χ0n) is 14.0. The van der Waals surface area contributed by atoms with Crippen molar-refractivity contribution >= 4 is 11.7 Å². The summed E-state index contributed by atoms with van der Waals surface area (Å²) in [5.74, 6) is 1.19. The van der Waals surface area contributed by atoms with E-state index in [1.807, 2.05) is 30.3 Å². The van der Waals surface area contributed by atoms with Gasteiger partial charge >= 0.3 is 6.03 Å². The van der Waals surface area contributed by atoms with E-state index in [4.69, 9.17) is 4.74 Å². The van der Waals surface area contributed by atoms with Gasteiger partial charge in [-0.1, -0.05) is 37.3 Å². The highest BCUT2D eigenvalue weighted by Gasteiger charge is 2.10. The number of anilines is 1. The molecule has 2 aromatic carbocycles. The smallest absolute Gasteiger partial charge is 0.321 e. The average molecular weight is 312 g/mol. The number of nitrogens with zero attached hydrogens (tertiary/aromatic N) is 1.